The van der Waals surface area contributed by atoms with Gasteiger partial charge in [-0.3, -0.25) is 4.90 Å². The molecule has 0 radical (unpaired) electrons. The lowest BCUT2D eigenvalue weighted by Crippen LogP contribution is -2.47. The molecule has 2 nitrogen and oxygen atoms in total. The monoisotopic (exact) mass is 226 g/mol. The Labute approximate surface area is 102 Å². The maximum Gasteiger partial charge on any atom is 0.0156 e. The van der Waals surface area contributed by atoms with E-state index in [0.29, 0.717) is 5.54 Å². The second-order valence-electron chi connectivity index (χ2n) is 6.72. The quantitative estimate of drug-likeness (QED) is 0.730. The molecule has 1 saturated heterocycles. The van der Waals surface area contributed by atoms with Gasteiger partial charge >= 0.3 is 0 Å². The molecule has 2 heteroatoms. The molecule has 1 fully saturated rings. The van der Waals surface area contributed by atoms with Gasteiger partial charge in [0, 0.05) is 31.7 Å². The highest BCUT2D eigenvalue weighted by molar-refractivity contribution is 4.86. The van der Waals surface area contributed by atoms with E-state index in [2.05, 4.69) is 51.5 Å². The van der Waals surface area contributed by atoms with Crippen LogP contribution < -0.4 is 0 Å². The maximum absolute atomic E-state index is 2.70. The van der Waals surface area contributed by atoms with E-state index in [1.807, 2.05) is 0 Å². The molecule has 0 amide bonds. The normalized spacial score (nSPS) is 26.1. The minimum Gasteiger partial charge on any atom is -0.305 e. The largest absolute Gasteiger partial charge is 0.305 e. The Morgan fingerprint density at radius 3 is 2.38 bits per heavy atom. The number of hydrogen-bond donors (Lipinski definition) is 0. The van der Waals surface area contributed by atoms with Crippen molar-refractivity contribution in [2.45, 2.75) is 46.6 Å². The van der Waals surface area contributed by atoms with Gasteiger partial charge in [-0.2, -0.15) is 0 Å². The van der Waals surface area contributed by atoms with Gasteiger partial charge in [0.2, 0.25) is 0 Å². The molecule has 0 saturated carbocycles. The third-order valence-corrected chi connectivity index (χ3v) is 3.67. The van der Waals surface area contributed by atoms with Crippen LogP contribution in [0.2, 0.25) is 0 Å². The van der Waals surface area contributed by atoms with Crippen LogP contribution in [0.4, 0.5) is 0 Å². The SMILES string of the molecule is CC(C)CC(C)(C)N1CCN(C)CC(C)C1. The highest BCUT2D eigenvalue weighted by atomic mass is 15.2. The number of nitrogens with zero attached hydrogens (tertiary/aromatic N) is 2. The van der Waals surface area contributed by atoms with Crippen molar-refractivity contribution in [2.75, 3.05) is 33.2 Å². The van der Waals surface area contributed by atoms with Gasteiger partial charge in [-0.15, -0.1) is 0 Å². The van der Waals surface area contributed by atoms with Crippen LogP contribution in [0, 0.1) is 11.8 Å². The molecular weight excluding hydrogens is 196 g/mol. The molecule has 1 heterocycles. The Bertz CT molecular complexity index is 211. The topological polar surface area (TPSA) is 6.48 Å². The molecular formula is C14H30N2. The molecule has 16 heavy (non-hydrogen) atoms. The first-order valence-corrected chi connectivity index (χ1v) is 6.75. The summed E-state index contributed by atoms with van der Waals surface area (Å²) in [4.78, 5) is 5.16. The van der Waals surface area contributed by atoms with Crippen LogP contribution in [-0.2, 0) is 0 Å². The number of rotatable bonds is 3. The van der Waals surface area contributed by atoms with Crippen LogP contribution in [0.15, 0.2) is 0 Å². The second-order valence-corrected chi connectivity index (χ2v) is 6.72. The van der Waals surface area contributed by atoms with Gasteiger partial charge in [-0.1, -0.05) is 20.8 Å². The van der Waals surface area contributed by atoms with E-state index in [0.717, 1.165) is 11.8 Å². The zero-order chi connectivity index (χ0) is 12.3. The minimum atomic E-state index is 0.355. The first-order valence-electron chi connectivity index (χ1n) is 6.75. The van der Waals surface area contributed by atoms with E-state index in [4.69, 9.17) is 0 Å². The third-order valence-electron chi connectivity index (χ3n) is 3.67. The molecule has 0 N–H and O–H groups in total. The van der Waals surface area contributed by atoms with Gasteiger partial charge in [-0.25, -0.2) is 0 Å². The summed E-state index contributed by atoms with van der Waals surface area (Å²) >= 11 is 0. The Morgan fingerprint density at radius 2 is 1.81 bits per heavy atom. The fourth-order valence-electron chi connectivity index (χ4n) is 3.12. The molecule has 0 bridgehead atoms. The van der Waals surface area contributed by atoms with Gasteiger partial charge in [0.25, 0.3) is 0 Å². The molecule has 96 valence electrons. The summed E-state index contributed by atoms with van der Waals surface area (Å²) in [6.45, 7) is 16.8. The average molecular weight is 226 g/mol. The minimum absolute atomic E-state index is 0.355. The zero-order valence-electron chi connectivity index (χ0n) is 12.1. The Balaban J connectivity index is 2.63. The summed E-state index contributed by atoms with van der Waals surface area (Å²) in [6, 6.07) is 0. The lowest BCUT2D eigenvalue weighted by atomic mass is 9.90. The smallest absolute Gasteiger partial charge is 0.0156 e. The fraction of sp³-hybridized carbons (Fsp3) is 1.00. The van der Waals surface area contributed by atoms with Gasteiger partial charge in [0.1, 0.15) is 0 Å². The highest BCUT2D eigenvalue weighted by Gasteiger charge is 2.30. The molecule has 1 rings (SSSR count). The summed E-state index contributed by atoms with van der Waals surface area (Å²) in [6.07, 6.45) is 1.30. The van der Waals surface area contributed by atoms with Crippen molar-refractivity contribution in [3.05, 3.63) is 0 Å². The number of hydrogen-bond acceptors (Lipinski definition) is 2. The number of likely N-dealkylation sites (N-methyl/N-ethyl adjacent to an activating group) is 1. The third kappa shape index (κ3) is 4.06. The van der Waals surface area contributed by atoms with Gasteiger partial charge in [-0.05, 0) is 39.2 Å². The fourth-order valence-corrected chi connectivity index (χ4v) is 3.12. The first-order chi connectivity index (χ1) is 7.31. The Hall–Kier alpha value is -0.0800. The summed E-state index contributed by atoms with van der Waals surface area (Å²) in [5.41, 5.74) is 0.355. The Kier molecular flexibility index (Phi) is 4.81. The van der Waals surface area contributed by atoms with E-state index in [1.54, 1.807) is 0 Å². The summed E-state index contributed by atoms with van der Waals surface area (Å²) in [5.74, 6) is 1.57. The van der Waals surface area contributed by atoms with Crippen molar-refractivity contribution in [3.8, 4) is 0 Å². The molecule has 0 aromatic carbocycles. The summed E-state index contributed by atoms with van der Waals surface area (Å²) in [5, 5.41) is 0. The molecule has 1 aliphatic heterocycles. The molecule has 0 spiro atoms. The molecule has 0 aliphatic carbocycles. The van der Waals surface area contributed by atoms with Crippen molar-refractivity contribution >= 4 is 0 Å². The standard InChI is InChI=1S/C14H30N2/c1-12(2)9-14(4,5)16-8-7-15(6)10-13(3)11-16/h12-13H,7-11H2,1-6H3. The van der Waals surface area contributed by atoms with E-state index < -0.39 is 0 Å². The predicted molar refractivity (Wildman–Crippen MR) is 71.8 cm³/mol. The van der Waals surface area contributed by atoms with Gasteiger partial charge < -0.3 is 4.90 Å². The van der Waals surface area contributed by atoms with Crippen LogP contribution in [-0.4, -0.2) is 48.6 Å². The lowest BCUT2D eigenvalue weighted by molar-refractivity contribution is 0.0938. The second kappa shape index (κ2) is 5.50. The van der Waals surface area contributed by atoms with Crippen molar-refractivity contribution in [3.63, 3.8) is 0 Å². The van der Waals surface area contributed by atoms with Crippen LogP contribution in [0.1, 0.15) is 41.0 Å². The Morgan fingerprint density at radius 1 is 1.19 bits per heavy atom. The van der Waals surface area contributed by atoms with Crippen molar-refractivity contribution < 1.29 is 0 Å². The molecule has 1 unspecified atom stereocenters. The molecule has 1 aliphatic rings. The van der Waals surface area contributed by atoms with Crippen molar-refractivity contribution in [1.29, 1.82) is 0 Å². The van der Waals surface area contributed by atoms with Crippen LogP contribution in [0.25, 0.3) is 0 Å². The van der Waals surface area contributed by atoms with Crippen molar-refractivity contribution in [1.82, 2.24) is 9.80 Å². The van der Waals surface area contributed by atoms with E-state index in [9.17, 15) is 0 Å². The summed E-state index contributed by atoms with van der Waals surface area (Å²) in [7, 11) is 2.25. The van der Waals surface area contributed by atoms with E-state index in [-0.39, 0.29) is 0 Å². The van der Waals surface area contributed by atoms with Crippen LogP contribution in [0.3, 0.4) is 0 Å². The molecule has 1 atom stereocenters. The van der Waals surface area contributed by atoms with Crippen LogP contribution in [0.5, 0.6) is 0 Å². The van der Waals surface area contributed by atoms with Gasteiger partial charge in [0.15, 0.2) is 0 Å². The van der Waals surface area contributed by atoms with E-state index in [1.165, 1.54) is 32.6 Å². The van der Waals surface area contributed by atoms with Crippen LogP contribution >= 0.6 is 0 Å². The maximum atomic E-state index is 2.70. The predicted octanol–water partition coefficient (Wildman–Crippen LogP) is 2.69. The first kappa shape index (κ1) is 14.0. The summed E-state index contributed by atoms with van der Waals surface area (Å²) < 4.78 is 0. The molecule has 0 aromatic heterocycles. The average Bonchev–Trinajstić information content (AvgIpc) is 2.24. The highest BCUT2D eigenvalue weighted by Crippen LogP contribution is 2.25. The lowest BCUT2D eigenvalue weighted by Gasteiger charge is -2.40. The van der Waals surface area contributed by atoms with E-state index >= 15 is 0 Å². The molecule has 0 aromatic rings. The van der Waals surface area contributed by atoms with Crippen molar-refractivity contribution in [2.24, 2.45) is 11.8 Å². The zero-order valence-corrected chi connectivity index (χ0v) is 12.1. The van der Waals surface area contributed by atoms with Gasteiger partial charge in [0.05, 0.1) is 0 Å².